The lowest BCUT2D eigenvalue weighted by Gasteiger charge is -2.05. The second-order valence-corrected chi connectivity index (χ2v) is 7.58. The van der Waals surface area contributed by atoms with Crippen LogP contribution in [-0.2, 0) is 16.1 Å². The third-order valence-electron chi connectivity index (χ3n) is 5.17. The van der Waals surface area contributed by atoms with Crippen LogP contribution < -0.4 is 0 Å². The van der Waals surface area contributed by atoms with E-state index in [0.29, 0.717) is 0 Å². The van der Waals surface area contributed by atoms with E-state index >= 15 is 0 Å². The highest BCUT2D eigenvalue weighted by molar-refractivity contribution is 6.11. The minimum Gasteiger partial charge on any atom is -0.508 e. The third kappa shape index (κ3) is 5.29. The van der Waals surface area contributed by atoms with Gasteiger partial charge in [0.1, 0.15) is 5.75 Å². The van der Waals surface area contributed by atoms with Gasteiger partial charge in [0.25, 0.3) is 0 Å². The van der Waals surface area contributed by atoms with Crippen molar-refractivity contribution in [1.29, 1.82) is 0 Å². The number of phenols is 1. The van der Waals surface area contributed by atoms with Crippen molar-refractivity contribution in [2.75, 3.05) is 0 Å². The van der Waals surface area contributed by atoms with Gasteiger partial charge in [0.15, 0.2) is 11.6 Å². The molecule has 0 bridgehead atoms. The molecular formula is C28H23NO3. The molecule has 0 aliphatic rings. The predicted octanol–water partition coefficient (Wildman–Crippen LogP) is 5.65. The SMILES string of the molecule is O=C(/C=C/c1ccc(O)cc1)CC(=O)/C=C/c1cn(Cc2ccccc2)c2ccccc12. The summed E-state index contributed by atoms with van der Waals surface area (Å²) in [5.41, 5.74) is 4.02. The van der Waals surface area contributed by atoms with Crippen LogP contribution in [0.4, 0.5) is 0 Å². The first-order valence-corrected chi connectivity index (χ1v) is 10.4. The Kier molecular flexibility index (Phi) is 6.42. The zero-order valence-electron chi connectivity index (χ0n) is 17.5. The number of rotatable bonds is 8. The zero-order chi connectivity index (χ0) is 22.3. The monoisotopic (exact) mass is 421 g/mol. The number of para-hydroxylation sites is 1. The van der Waals surface area contributed by atoms with Gasteiger partial charge in [0.05, 0.1) is 6.42 Å². The Morgan fingerprint density at radius 2 is 1.44 bits per heavy atom. The standard InChI is InChI=1S/C28H23NO3/c30-24-14-10-21(11-15-24)12-16-25(31)18-26(32)17-13-23-20-29(19-22-6-2-1-3-7-22)28-9-5-4-8-27(23)28/h1-17,20,30H,18-19H2/b16-12+,17-13+. The van der Waals surface area contributed by atoms with E-state index in [1.807, 2.05) is 42.6 Å². The lowest BCUT2D eigenvalue weighted by molar-refractivity contribution is -0.121. The highest BCUT2D eigenvalue weighted by Crippen LogP contribution is 2.23. The molecule has 1 aromatic heterocycles. The maximum absolute atomic E-state index is 12.3. The molecule has 4 rings (SSSR count). The molecule has 4 nitrogen and oxygen atoms in total. The molecule has 1 heterocycles. The molecular weight excluding hydrogens is 398 g/mol. The van der Waals surface area contributed by atoms with Crippen LogP contribution in [0.2, 0.25) is 0 Å². The van der Waals surface area contributed by atoms with Crippen LogP contribution in [0.1, 0.15) is 23.1 Å². The highest BCUT2D eigenvalue weighted by atomic mass is 16.3. The van der Waals surface area contributed by atoms with E-state index in [-0.39, 0.29) is 23.7 Å². The average molecular weight is 421 g/mol. The van der Waals surface area contributed by atoms with Crippen molar-refractivity contribution in [2.24, 2.45) is 0 Å². The number of phenolic OH excluding ortho intramolecular Hbond substituents is 1. The molecule has 1 N–H and O–H groups in total. The summed E-state index contributed by atoms with van der Waals surface area (Å²) in [5.74, 6) is -0.344. The fraction of sp³-hybridized carbons (Fsp3) is 0.0714. The van der Waals surface area contributed by atoms with Gasteiger partial charge in [-0.1, -0.05) is 66.7 Å². The Hall–Kier alpha value is -4.18. The van der Waals surface area contributed by atoms with Crippen molar-refractivity contribution < 1.29 is 14.7 Å². The van der Waals surface area contributed by atoms with Crippen molar-refractivity contribution in [3.8, 4) is 5.75 Å². The average Bonchev–Trinajstić information content (AvgIpc) is 3.15. The molecule has 0 fully saturated rings. The number of hydrogen-bond donors (Lipinski definition) is 1. The van der Waals surface area contributed by atoms with Gasteiger partial charge in [-0.15, -0.1) is 0 Å². The molecule has 0 saturated carbocycles. The van der Waals surface area contributed by atoms with Gasteiger partial charge < -0.3 is 9.67 Å². The number of allylic oxidation sites excluding steroid dienone is 2. The van der Waals surface area contributed by atoms with Crippen molar-refractivity contribution >= 4 is 34.6 Å². The number of ketones is 2. The lowest BCUT2D eigenvalue weighted by atomic mass is 10.1. The summed E-state index contributed by atoms with van der Waals surface area (Å²) in [6.07, 6.45) is 8.13. The van der Waals surface area contributed by atoms with Gasteiger partial charge in [0.2, 0.25) is 0 Å². The van der Waals surface area contributed by atoms with Crippen molar-refractivity contribution in [1.82, 2.24) is 4.57 Å². The summed E-state index contributed by atoms with van der Waals surface area (Å²) in [5, 5.41) is 10.4. The number of carbonyl (C=O) groups is 2. The van der Waals surface area contributed by atoms with Gasteiger partial charge in [-0.2, -0.15) is 0 Å². The van der Waals surface area contributed by atoms with E-state index in [2.05, 4.69) is 22.8 Å². The Morgan fingerprint density at radius 3 is 2.19 bits per heavy atom. The molecule has 0 unspecified atom stereocenters. The van der Waals surface area contributed by atoms with Gasteiger partial charge in [-0.25, -0.2) is 0 Å². The molecule has 4 aromatic rings. The number of aromatic hydroxyl groups is 1. The van der Waals surface area contributed by atoms with E-state index < -0.39 is 0 Å². The fourth-order valence-corrected chi connectivity index (χ4v) is 3.57. The minimum absolute atomic E-state index is 0.166. The number of hydrogen-bond acceptors (Lipinski definition) is 3. The largest absolute Gasteiger partial charge is 0.508 e. The first-order valence-electron chi connectivity index (χ1n) is 10.4. The van der Waals surface area contributed by atoms with Gasteiger partial charge in [0, 0.05) is 29.2 Å². The molecule has 4 heteroatoms. The topological polar surface area (TPSA) is 59.3 Å². The molecule has 0 atom stereocenters. The van der Waals surface area contributed by atoms with Crippen LogP contribution in [0, 0.1) is 0 Å². The van der Waals surface area contributed by atoms with Crippen molar-refractivity contribution in [2.45, 2.75) is 13.0 Å². The van der Waals surface area contributed by atoms with Crippen molar-refractivity contribution in [3.63, 3.8) is 0 Å². The van der Waals surface area contributed by atoms with Crippen molar-refractivity contribution in [3.05, 3.63) is 114 Å². The normalized spacial score (nSPS) is 11.5. The van der Waals surface area contributed by atoms with Gasteiger partial charge >= 0.3 is 0 Å². The Morgan fingerprint density at radius 1 is 0.781 bits per heavy atom. The maximum atomic E-state index is 12.3. The number of fused-ring (bicyclic) bond motifs is 1. The van der Waals surface area contributed by atoms with E-state index in [9.17, 15) is 14.7 Å². The molecule has 0 aliphatic carbocycles. The molecule has 0 saturated heterocycles. The number of aromatic nitrogens is 1. The summed E-state index contributed by atoms with van der Waals surface area (Å²) in [7, 11) is 0. The van der Waals surface area contributed by atoms with E-state index in [0.717, 1.165) is 28.6 Å². The quantitative estimate of drug-likeness (QED) is 0.295. The summed E-state index contributed by atoms with van der Waals surface area (Å²) in [6, 6.07) is 24.8. The number of benzene rings is 3. The zero-order valence-corrected chi connectivity index (χ0v) is 17.5. The van der Waals surface area contributed by atoms with Crippen LogP contribution in [0.25, 0.3) is 23.1 Å². The predicted molar refractivity (Wildman–Crippen MR) is 128 cm³/mol. The summed E-state index contributed by atoms with van der Waals surface area (Å²) < 4.78 is 2.17. The van der Waals surface area contributed by atoms with Gasteiger partial charge in [-0.05, 0) is 47.6 Å². The highest BCUT2D eigenvalue weighted by Gasteiger charge is 2.08. The smallest absolute Gasteiger partial charge is 0.163 e. The van der Waals surface area contributed by atoms with E-state index in [1.54, 1.807) is 36.4 Å². The van der Waals surface area contributed by atoms with Crippen LogP contribution in [-0.4, -0.2) is 21.2 Å². The number of nitrogens with zero attached hydrogens (tertiary/aromatic N) is 1. The van der Waals surface area contributed by atoms with Crippen LogP contribution in [0.5, 0.6) is 5.75 Å². The van der Waals surface area contributed by atoms with E-state index in [4.69, 9.17) is 0 Å². The molecule has 0 amide bonds. The number of carbonyl (C=O) groups excluding carboxylic acids is 2. The third-order valence-corrected chi connectivity index (χ3v) is 5.17. The molecule has 158 valence electrons. The first-order chi connectivity index (χ1) is 15.6. The summed E-state index contributed by atoms with van der Waals surface area (Å²) >= 11 is 0. The molecule has 0 radical (unpaired) electrons. The van der Waals surface area contributed by atoms with Crippen LogP contribution >= 0.6 is 0 Å². The van der Waals surface area contributed by atoms with Crippen LogP contribution in [0.3, 0.4) is 0 Å². The Balaban J connectivity index is 1.45. The maximum Gasteiger partial charge on any atom is 0.163 e. The van der Waals surface area contributed by atoms with Gasteiger partial charge in [-0.3, -0.25) is 9.59 Å². The molecule has 0 aliphatic heterocycles. The lowest BCUT2D eigenvalue weighted by Crippen LogP contribution is -2.01. The second-order valence-electron chi connectivity index (χ2n) is 7.58. The molecule has 0 spiro atoms. The van der Waals surface area contributed by atoms with Crippen LogP contribution in [0.15, 0.2) is 97.2 Å². The second kappa shape index (κ2) is 9.75. The molecule has 32 heavy (non-hydrogen) atoms. The summed E-state index contributed by atoms with van der Waals surface area (Å²) in [6.45, 7) is 0.740. The van der Waals surface area contributed by atoms with E-state index in [1.165, 1.54) is 17.7 Å². The first kappa shape index (κ1) is 21.1. The Bertz CT molecular complexity index is 1300. The molecule has 3 aromatic carbocycles. The summed E-state index contributed by atoms with van der Waals surface area (Å²) in [4.78, 5) is 24.5. The fourth-order valence-electron chi connectivity index (χ4n) is 3.57. The Labute approximate surface area is 186 Å². The minimum atomic E-state index is -0.265.